The predicted molar refractivity (Wildman–Crippen MR) is 70.8 cm³/mol. The molecular weight excluding hydrogens is 210 g/mol. The molecule has 3 nitrogen and oxygen atoms in total. The molecule has 3 unspecified atom stereocenters. The van der Waals surface area contributed by atoms with Crippen LogP contribution >= 0.6 is 0 Å². The molecule has 3 heteroatoms. The first-order valence-electron chi connectivity index (χ1n) is 6.79. The topological polar surface area (TPSA) is 43.8 Å². The maximum Gasteiger partial charge on any atom is 0.0641 e. The molecule has 1 aromatic rings. The Hall–Kier alpha value is -0.830. The van der Waals surface area contributed by atoms with E-state index in [9.17, 15) is 0 Å². The number of rotatable bonds is 2. The Morgan fingerprint density at radius 1 is 1.24 bits per heavy atom. The van der Waals surface area contributed by atoms with Gasteiger partial charge in [0.2, 0.25) is 0 Å². The number of nitrogens with zero attached hydrogens (tertiary/aromatic N) is 2. The fourth-order valence-electron chi connectivity index (χ4n) is 3.09. The van der Waals surface area contributed by atoms with Gasteiger partial charge in [0.15, 0.2) is 0 Å². The van der Waals surface area contributed by atoms with Crippen LogP contribution in [-0.4, -0.2) is 9.78 Å². The van der Waals surface area contributed by atoms with Crippen molar-refractivity contribution >= 4 is 0 Å². The Morgan fingerprint density at radius 3 is 2.47 bits per heavy atom. The minimum Gasteiger partial charge on any atom is -0.326 e. The number of nitrogens with two attached hydrogens (primary N) is 1. The van der Waals surface area contributed by atoms with Crippen LogP contribution in [0.15, 0.2) is 0 Å². The summed E-state index contributed by atoms with van der Waals surface area (Å²) in [5.74, 6) is 1.66. The molecule has 0 spiro atoms. The van der Waals surface area contributed by atoms with Gasteiger partial charge in [0, 0.05) is 17.8 Å². The first kappa shape index (κ1) is 12.6. The molecule has 3 atom stereocenters. The number of aromatic nitrogens is 2. The molecule has 0 bridgehead atoms. The summed E-state index contributed by atoms with van der Waals surface area (Å²) in [6, 6.07) is 0.584. The molecule has 1 aliphatic rings. The average molecular weight is 235 g/mol. The van der Waals surface area contributed by atoms with Crippen molar-refractivity contribution in [1.82, 2.24) is 9.78 Å². The van der Waals surface area contributed by atoms with Crippen LogP contribution in [0.3, 0.4) is 0 Å². The molecule has 0 aromatic carbocycles. The van der Waals surface area contributed by atoms with Crippen molar-refractivity contribution in [2.45, 2.75) is 59.5 Å². The summed E-state index contributed by atoms with van der Waals surface area (Å²) in [6.07, 6.45) is 3.84. The Labute approximate surface area is 104 Å². The lowest BCUT2D eigenvalue weighted by Gasteiger charge is -2.32. The molecule has 0 aliphatic heterocycles. The minimum atomic E-state index is 0.584. The molecule has 1 aromatic heterocycles. The summed E-state index contributed by atoms with van der Waals surface area (Å²) in [7, 11) is 0. The van der Waals surface area contributed by atoms with Crippen molar-refractivity contribution in [3.05, 3.63) is 17.0 Å². The van der Waals surface area contributed by atoms with Crippen LogP contribution in [0.5, 0.6) is 0 Å². The van der Waals surface area contributed by atoms with Gasteiger partial charge in [0.1, 0.15) is 0 Å². The number of hydrogen-bond acceptors (Lipinski definition) is 2. The van der Waals surface area contributed by atoms with Gasteiger partial charge in [0.05, 0.1) is 11.7 Å². The van der Waals surface area contributed by atoms with Crippen LogP contribution in [0.1, 0.15) is 56.1 Å². The van der Waals surface area contributed by atoms with E-state index in [0.29, 0.717) is 12.6 Å². The van der Waals surface area contributed by atoms with Crippen molar-refractivity contribution in [3.63, 3.8) is 0 Å². The molecule has 1 fully saturated rings. The highest BCUT2D eigenvalue weighted by Crippen LogP contribution is 2.36. The lowest BCUT2D eigenvalue weighted by molar-refractivity contribution is 0.198. The Balaban J connectivity index is 2.23. The molecule has 2 N–H and O–H groups in total. The van der Waals surface area contributed by atoms with Gasteiger partial charge in [-0.05, 0) is 44.9 Å². The highest BCUT2D eigenvalue weighted by atomic mass is 15.3. The van der Waals surface area contributed by atoms with Crippen molar-refractivity contribution in [2.24, 2.45) is 17.6 Å². The van der Waals surface area contributed by atoms with Crippen molar-refractivity contribution < 1.29 is 0 Å². The molecule has 17 heavy (non-hydrogen) atoms. The molecule has 1 aliphatic carbocycles. The number of hydrogen-bond donors (Lipinski definition) is 1. The Morgan fingerprint density at radius 2 is 1.94 bits per heavy atom. The van der Waals surface area contributed by atoms with Gasteiger partial charge in [-0.2, -0.15) is 5.10 Å². The number of aryl methyl sites for hydroxylation is 1. The average Bonchev–Trinajstić information content (AvgIpc) is 2.58. The second-order valence-electron chi connectivity index (χ2n) is 5.72. The van der Waals surface area contributed by atoms with E-state index < -0.39 is 0 Å². The second-order valence-corrected chi connectivity index (χ2v) is 5.72. The van der Waals surface area contributed by atoms with E-state index in [2.05, 4.69) is 32.4 Å². The Kier molecular flexibility index (Phi) is 3.57. The molecule has 96 valence electrons. The zero-order chi connectivity index (χ0) is 12.6. The van der Waals surface area contributed by atoms with Gasteiger partial charge >= 0.3 is 0 Å². The molecule has 1 heterocycles. The zero-order valence-corrected chi connectivity index (χ0v) is 11.5. The third kappa shape index (κ3) is 2.25. The third-order valence-corrected chi connectivity index (χ3v) is 4.60. The van der Waals surface area contributed by atoms with Crippen molar-refractivity contribution in [2.75, 3.05) is 0 Å². The summed E-state index contributed by atoms with van der Waals surface area (Å²) in [6.45, 7) is 9.57. The Bertz CT molecular complexity index is 394. The summed E-state index contributed by atoms with van der Waals surface area (Å²) in [5, 5.41) is 4.70. The lowest BCUT2D eigenvalue weighted by Crippen LogP contribution is -2.24. The van der Waals surface area contributed by atoms with E-state index in [0.717, 1.165) is 17.5 Å². The van der Waals surface area contributed by atoms with Crippen molar-refractivity contribution in [3.8, 4) is 0 Å². The highest BCUT2D eigenvalue weighted by molar-refractivity contribution is 5.24. The van der Waals surface area contributed by atoms with E-state index >= 15 is 0 Å². The second kappa shape index (κ2) is 4.81. The van der Waals surface area contributed by atoms with Gasteiger partial charge in [-0.25, -0.2) is 0 Å². The monoisotopic (exact) mass is 235 g/mol. The largest absolute Gasteiger partial charge is 0.326 e. The van der Waals surface area contributed by atoms with E-state index in [1.165, 1.54) is 30.5 Å². The summed E-state index contributed by atoms with van der Waals surface area (Å²) >= 11 is 0. The first-order valence-corrected chi connectivity index (χ1v) is 6.79. The maximum atomic E-state index is 5.79. The van der Waals surface area contributed by atoms with E-state index in [1.54, 1.807) is 0 Å². The quantitative estimate of drug-likeness (QED) is 0.856. The summed E-state index contributed by atoms with van der Waals surface area (Å²) in [4.78, 5) is 0. The van der Waals surface area contributed by atoms with Gasteiger partial charge in [0.25, 0.3) is 0 Å². The first-order chi connectivity index (χ1) is 8.04. The standard InChI is InChI=1S/C14H25N3/c1-9-5-6-13(7-10(9)2)17-12(4)14(8-15)11(3)16-17/h9-10,13H,5-8,15H2,1-4H3. The molecule has 0 saturated heterocycles. The molecule has 2 rings (SSSR count). The highest BCUT2D eigenvalue weighted by Gasteiger charge is 2.27. The van der Waals surface area contributed by atoms with E-state index in [-0.39, 0.29) is 0 Å². The normalized spacial score (nSPS) is 29.6. The third-order valence-electron chi connectivity index (χ3n) is 4.60. The van der Waals surface area contributed by atoms with Crippen LogP contribution in [0.2, 0.25) is 0 Å². The van der Waals surface area contributed by atoms with Crippen LogP contribution in [0.25, 0.3) is 0 Å². The van der Waals surface area contributed by atoms with Crippen molar-refractivity contribution in [1.29, 1.82) is 0 Å². The minimum absolute atomic E-state index is 0.584. The van der Waals surface area contributed by atoms with Crippen LogP contribution < -0.4 is 5.73 Å². The zero-order valence-electron chi connectivity index (χ0n) is 11.5. The lowest BCUT2D eigenvalue weighted by atomic mass is 9.79. The van der Waals surface area contributed by atoms with Gasteiger partial charge in [-0.1, -0.05) is 13.8 Å². The fraction of sp³-hybridized carbons (Fsp3) is 0.786. The van der Waals surface area contributed by atoms with E-state index in [1.807, 2.05) is 0 Å². The van der Waals surface area contributed by atoms with Crippen LogP contribution in [0, 0.1) is 25.7 Å². The summed E-state index contributed by atoms with van der Waals surface area (Å²) < 4.78 is 2.24. The van der Waals surface area contributed by atoms with Gasteiger partial charge in [-0.3, -0.25) is 4.68 Å². The van der Waals surface area contributed by atoms with Gasteiger partial charge in [-0.15, -0.1) is 0 Å². The molecular formula is C14H25N3. The summed E-state index contributed by atoms with van der Waals surface area (Å²) in [5.41, 5.74) is 9.41. The smallest absolute Gasteiger partial charge is 0.0641 e. The molecule has 0 amide bonds. The fourth-order valence-corrected chi connectivity index (χ4v) is 3.09. The van der Waals surface area contributed by atoms with Crippen LogP contribution in [-0.2, 0) is 6.54 Å². The van der Waals surface area contributed by atoms with E-state index in [4.69, 9.17) is 10.8 Å². The SMILES string of the molecule is Cc1nn(C2CCC(C)C(C)C2)c(C)c1CN. The predicted octanol–water partition coefficient (Wildman–Crippen LogP) is 2.96. The molecule has 1 saturated carbocycles. The molecule has 0 radical (unpaired) electrons. The maximum absolute atomic E-state index is 5.79. The van der Waals surface area contributed by atoms with Gasteiger partial charge < -0.3 is 5.73 Å². The van der Waals surface area contributed by atoms with Crippen LogP contribution in [0.4, 0.5) is 0 Å².